The maximum Gasteiger partial charge on any atom is 0.226 e. The Morgan fingerprint density at radius 1 is 1.20 bits per heavy atom. The fraction of sp³-hybridized carbons (Fsp3) is 0.588. The van der Waals surface area contributed by atoms with Crippen LogP contribution in [0.5, 0.6) is 0 Å². The molecular weight excluding hydrogens is 248 g/mol. The molecule has 0 bridgehead atoms. The fourth-order valence-electron chi connectivity index (χ4n) is 3.43. The molecule has 1 aromatic rings. The highest BCUT2D eigenvalue weighted by Gasteiger charge is 2.22. The summed E-state index contributed by atoms with van der Waals surface area (Å²) in [6.07, 6.45) is 7.58. The Morgan fingerprint density at radius 2 is 2.10 bits per heavy atom. The molecule has 0 saturated carbocycles. The first-order valence-corrected chi connectivity index (χ1v) is 7.96. The number of amides is 1. The predicted molar refractivity (Wildman–Crippen MR) is 82.0 cm³/mol. The standard InChI is InChI=1S/C17H24N2O/c20-17-11-3-7-14-6-1-2-10-16(14)19(17)13-5-9-15-8-4-12-18-15/h1-2,6,10,15,18H,3-5,7-9,11-13H2. The molecule has 1 saturated heterocycles. The number of hydrogen-bond donors (Lipinski definition) is 1. The van der Waals surface area contributed by atoms with E-state index in [0.717, 1.165) is 38.0 Å². The van der Waals surface area contributed by atoms with Crippen LogP contribution in [0, 0.1) is 0 Å². The Labute approximate surface area is 121 Å². The second-order valence-electron chi connectivity index (χ2n) is 5.96. The lowest BCUT2D eigenvalue weighted by Gasteiger charge is -2.23. The van der Waals surface area contributed by atoms with Crippen molar-refractivity contribution in [2.24, 2.45) is 0 Å². The van der Waals surface area contributed by atoms with Gasteiger partial charge in [0.15, 0.2) is 0 Å². The van der Waals surface area contributed by atoms with E-state index in [-0.39, 0.29) is 0 Å². The first-order valence-electron chi connectivity index (χ1n) is 7.96. The van der Waals surface area contributed by atoms with Gasteiger partial charge in [0.2, 0.25) is 5.91 Å². The number of carbonyl (C=O) groups is 1. The maximum atomic E-state index is 12.3. The Balaban J connectivity index is 1.65. The van der Waals surface area contributed by atoms with Crippen molar-refractivity contribution in [3.05, 3.63) is 29.8 Å². The second-order valence-corrected chi connectivity index (χ2v) is 5.96. The van der Waals surface area contributed by atoms with Gasteiger partial charge in [0, 0.05) is 24.7 Å². The topological polar surface area (TPSA) is 32.3 Å². The summed E-state index contributed by atoms with van der Waals surface area (Å²) < 4.78 is 0. The summed E-state index contributed by atoms with van der Waals surface area (Å²) in [5, 5.41) is 3.53. The molecule has 2 heterocycles. The third-order valence-corrected chi connectivity index (χ3v) is 4.52. The summed E-state index contributed by atoms with van der Waals surface area (Å²) in [6.45, 7) is 2.03. The van der Waals surface area contributed by atoms with E-state index in [9.17, 15) is 4.79 Å². The van der Waals surface area contributed by atoms with Gasteiger partial charge in [-0.1, -0.05) is 18.2 Å². The molecule has 108 valence electrons. The highest BCUT2D eigenvalue weighted by Crippen LogP contribution is 2.27. The van der Waals surface area contributed by atoms with Crippen LogP contribution in [-0.2, 0) is 11.2 Å². The Kier molecular flexibility index (Phi) is 4.36. The van der Waals surface area contributed by atoms with Crippen LogP contribution in [0.4, 0.5) is 5.69 Å². The minimum atomic E-state index is 0.300. The van der Waals surface area contributed by atoms with E-state index in [1.807, 2.05) is 11.0 Å². The smallest absolute Gasteiger partial charge is 0.226 e. The maximum absolute atomic E-state index is 12.3. The second kappa shape index (κ2) is 6.40. The lowest BCUT2D eigenvalue weighted by molar-refractivity contribution is -0.118. The monoisotopic (exact) mass is 272 g/mol. The molecule has 1 atom stereocenters. The zero-order valence-corrected chi connectivity index (χ0v) is 12.1. The third kappa shape index (κ3) is 3.04. The number of benzene rings is 1. The molecule has 0 radical (unpaired) electrons. The number of para-hydroxylation sites is 1. The molecule has 3 heteroatoms. The molecule has 1 aromatic carbocycles. The zero-order chi connectivity index (χ0) is 13.8. The summed E-state index contributed by atoms with van der Waals surface area (Å²) in [6, 6.07) is 9.07. The SMILES string of the molecule is O=C1CCCc2ccccc2N1CCCC1CCCN1. The van der Waals surface area contributed by atoms with Crippen LogP contribution in [0.15, 0.2) is 24.3 Å². The van der Waals surface area contributed by atoms with Crippen molar-refractivity contribution in [2.75, 3.05) is 18.0 Å². The van der Waals surface area contributed by atoms with E-state index in [2.05, 4.69) is 23.5 Å². The lowest BCUT2D eigenvalue weighted by Crippen LogP contribution is -2.32. The molecule has 20 heavy (non-hydrogen) atoms. The molecule has 2 aliphatic heterocycles. The van der Waals surface area contributed by atoms with E-state index >= 15 is 0 Å². The first-order chi connectivity index (χ1) is 9.84. The van der Waals surface area contributed by atoms with Crippen LogP contribution in [-0.4, -0.2) is 25.0 Å². The van der Waals surface area contributed by atoms with E-state index in [0.29, 0.717) is 18.4 Å². The first kappa shape index (κ1) is 13.6. The average molecular weight is 272 g/mol. The number of hydrogen-bond acceptors (Lipinski definition) is 2. The Morgan fingerprint density at radius 3 is 2.95 bits per heavy atom. The molecule has 3 rings (SSSR count). The third-order valence-electron chi connectivity index (χ3n) is 4.52. The van der Waals surface area contributed by atoms with E-state index in [4.69, 9.17) is 0 Å². The molecule has 1 amide bonds. The summed E-state index contributed by atoms with van der Waals surface area (Å²) in [5.74, 6) is 0.300. The molecule has 0 aromatic heterocycles. The van der Waals surface area contributed by atoms with Gasteiger partial charge in [0.25, 0.3) is 0 Å². The molecule has 1 N–H and O–H groups in total. The van der Waals surface area contributed by atoms with Crippen LogP contribution < -0.4 is 10.2 Å². The minimum Gasteiger partial charge on any atom is -0.314 e. The van der Waals surface area contributed by atoms with Gasteiger partial charge in [-0.2, -0.15) is 0 Å². The predicted octanol–water partition coefficient (Wildman–Crippen LogP) is 2.89. The van der Waals surface area contributed by atoms with Crippen molar-refractivity contribution in [1.29, 1.82) is 0 Å². The van der Waals surface area contributed by atoms with Crippen LogP contribution in [0.1, 0.15) is 44.1 Å². The number of carbonyl (C=O) groups excluding carboxylic acids is 1. The van der Waals surface area contributed by atoms with Gasteiger partial charge < -0.3 is 10.2 Å². The van der Waals surface area contributed by atoms with Crippen molar-refractivity contribution >= 4 is 11.6 Å². The van der Waals surface area contributed by atoms with Crippen molar-refractivity contribution in [1.82, 2.24) is 5.32 Å². The van der Waals surface area contributed by atoms with Crippen LogP contribution in [0.25, 0.3) is 0 Å². The van der Waals surface area contributed by atoms with Gasteiger partial charge in [-0.15, -0.1) is 0 Å². The molecule has 1 unspecified atom stereocenters. The highest BCUT2D eigenvalue weighted by molar-refractivity contribution is 5.94. The van der Waals surface area contributed by atoms with E-state index in [1.54, 1.807) is 0 Å². The Hall–Kier alpha value is -1.35. The summed E-state index contributed by atoms with van der Waals surface area (Å²) in [7, 11) is 0. The van der Waals surface area contributed by atoms with Crippen molar-refractivity contribution in [3.63, 3.8) is 0 Å². The number of rotatable bonds is 4. The van der Waals surface area contributed by atoms with Gasteiger partial charge in [0.1, 0.15) is 0 Å². The van der Waals surface area contributed by atoms with Crippen molar-refractivity contribution < 1.29 is 4.79 Å². The van der Waals surface area contributed by atoms with Gasteiger partial charge >= 0.3 is 0 Å². The van der Waals surface area contributed by atoms with Gasteiger partial charge in [-0.3, -0.25) is 4.79 Å². The molecule has 0 spiro atoms. The van der Waals surface area contributed by atoms with Crippen LogP contribution >= 0.6 is 0 Å². The zero-order valence-electron chi connectivity index (χ0n) is 12.1. The van der Waals surface area contributed by atoms with Gasteiger partial charge in [-0.25, -0.2) is 0 Å². The largest absolute Gasteiger partial charge is 0.314 e. The molecule has 0 aliphatic carbocycles. The normalized spacial score (nSPS) is 22.7. The summed E-state index contributed by atoms with van der Waals surface area (Å²) in [5.41, 5.74) is 2.48. The number of anilines is 1. The number of aryl methyl sites for hydroxylation is 1. The fourth-order valence-corrected chi connectivity index (χ4v) is 3.43. The van der Waals surface area contributed by atoms with Gasteiger partial charge in [0.05, 0.1) is 0 Å². The molecule has 3 nitrogen and oxygen atoms in total. The minimum absolute atomic E-state index is 0.300. The highest BCUT2D eigenvalue weighted by atomic mass is 16.2. The Bertz CT molecular complexity index is 466. The molecular formula is C17H24N2O. The van der Waals surface area contributed by atoms with Crippen LogP contribution in [0.2, 0.25) is 0 Å². The quantitative estimate of drug-likeness (QED) is 0.914. The summed E-state index contributed by atoms with van der Waals surface area (Å²) >= 11 is 0. The molecule has 2 aliphatic rings. The summed E-state index contributed by atoms with van der Waals surface area (Å²) in [4.78, 5) is 14.3. The number of nitrogens with one attached hydrogen (secondary N) is 1. The average Bonchev–Trinajstić information content (AvgIpc) is 2.92. The number of fused-ring (bicyclic) bond motifs is 1. The lowest BCUT2D eigenvalue weighted by atomic mass is 10.1. The van der Waals surface area contributed by atoms with E-state index < -0.39 is 0 Å². The van der Waals surface area contributed by atoms with Gasteiger partial charge in [-0.05, 0) is 56.7 Å². The van der Waals surface area contributed by atoms with Crippen molar-refractivity contribution in [2.45, 2.75) is 51.0 Å². The van der Waals surface area contributed by atoms with Crippen LogP contribution in [0.3, 0.4) is 0 Å². The van der Waals surface area contributed by atoms with Crippen molar-refractivity contribution in [3.8, 4) is 0 Å². The number of nitrogens with zero attached hydrogens (tertiary/aromatic N) is 1. The molecule has 1 fully saturated rings. The van der Waals surface area contributed by atoms with E-state index in [1.165, 1.54) is 24.8 Å².